The quantitative estimate of drug-likeness (QED) is 0.543. The number of aromatic nitrogens is 5. The van der Waals surface area contributed by atoms with Crippen molar-refractivity contribution in [3.05, 3.63) is 78.9 Å². The van der Waals surface area contributed by atoms with E-state index in [2.05, 4.69) is 15.3 Å². The lowest BCUT2D eigenvalue weighted by Crippen LogP contribution is -2.27. The van der Waals surface area contributed by atoms with Gasteiger partial charge in [0.15, 0.2) is 6.17 Å². The first kappa shape index (κ1) is 13.4. The maximum atomic E-state index is 13.0. The lowest BCUT2D eigenvalue weighted by Gasteiger charge is -2.18. The van der Waals surface area contributed by atoms with E-state index in [0.717, 1.165) is 11.0 Å². The molecule has 0 amide bonds. The Kier molecular flexibility index (Phi) is 3.20. The Balaban J connectivity index is 1.89. The highest BCUT2D eigenvalue weighted by Gasteiger charge is 2.26. The summed E-state index contributed by atoms with van der Waals surface area (Å²) in [5.74, 6) is -0.0701. The summed E-state index contributed by atoms with van der Waals surface area (Å²) in [5, 5.41) is 8.35. The van der Waals surface area contributed by atoms with Crippen molar-refractivity contribution in [3.8, 4) is 0 Å². The number of imidazole rings is 1. The molecule has 0 N–H and O–H groups in total. The van der Waals surface area contributed by atoms with Gasteiger partial charge >= 0.3 is 0 Å². The van der Waals surface area contributed by atoms with E-state index in [-0.39, 0.29) is 5.78 Å². The minimum atomic E-state index is -0.660. The van der Waals surface area contributed by atoms with Crippen LogP contribution < -0.4 is 0 Å². The summed E-state index contributed by atoms with van der Waals surface area (Å²) in [6.45, 7) is 0. The predicted octanol–water partition coefficient (Wildman–Crippen LogP) is 2.56. The molecule has 0 aliphatic carbocycles. The number of para-hydroxylation sites is 1. The summed E-state index contributed by atoms with van der Waals surface area (Å²) >= 11 is 0. The smallest absolute Gasteiger partial charge is 0.208 e. The molecule has 2 aromatic carbocycles. The molecular formula is C17H13N5O. The van der Waals surface area contributed by atoms with Crippen molar-refractivity contribution < 1.29 is 4.79 Å². The average Bonchev–Trinajstić information content (AvgIpc) is 3.27. The lowest BCUT2D eigenvalue weighted by molar-refractivity contribution is 0.0898. The van der Waals surface area contributed by atoms with Gasteiger partial charge in [-0.2, -0.15) is 0 Å². The number of hydrogen-bond acceptors (Lipinski definition) is 4. The predicted molar refractivity (Wildman–Crippen MR) is 85.0 cm³/mol. The minimum Gasteiger partial charge on any atom is -0.308 e. The molecule has 1 atom stereocenters. The Morgan fingerprint density at radius 1 is 1.00 bits per heavy atom. The van der Waals surface area contributed by atoms with Crippen molar-refractivity contribution in [2.24, 2.45) is 0 Å². The molecule has 4 rings (SSSR count). The minimum absolute atomic E-state index is 0.0701. The summed E-state index contributed by atoms with van der Waals surface area (Å²) in [4.78, 5) is 17.1. The number of rotatable bonds is 4. The van der Waals surface area contributed by atoms with Gasteiger partial charge in [0.1, 0.15) is 5.52 Å². The standard InChI is InChI=1S/C17H13N5O/c23-16(13-6-2-1-3-7-13)17(21-11-10-18-12-21)22-15-9-5-4-8-14(15)19-20-22/h1-12,17H. The zero-order valence-electron chi connectivity index (χ0n) is 12.1. The van der Waals surface area contributed by atoms with Gasteiger partial charge in [-0.05, 0) is 12.1 Å². The molecule has 112 valence electrons. The van der Waals surface area contributed by atoms with Gasteiger partial charge < -0.3 is 4.57 Å². The molecule has 6 heteroatoms. The summed E-state index contributed by atoms with van der Waals surface area (Å²) < 4.78 is 3.36. The Morgan fingerprint density at radius 3 is 2.57 bits per heavy atom. The number of carbonyl (C=O) groups is 1. The number of hydrogen-bond donors (Lipinski definition) is 0. The molecule has 4 aromatic rings. The number of carbonyl (C=O) groups excluding carboxylic acids is 1. The number of nitrogens with zero attached hydrogens (tertiary/aromatic N) is 5. The Hall–Kier alpha value is -3.28. The topological polar surface area (TPSA) is 65.6 Å². The molecule has 0 radical (unpaired) electrons. The van der Waals surface area contributed by atoms with E-state index in [4.69, 9.17) is 0 Å². The molecule has 0 spiro atoms. The molecule has 2 aromatic heterocycles. The molecule has 0 bridgehead atoms. The van der Waals surface area contributed by atoms with Crippen molar-refractivity contribution in [1.82, 2.24) is 24.5 Å². The number of Topliss-reactive ketones (excluding diaryl/α,β-unsaturated/α-hetero) is 1. The van der Waals surface area contributed by atoms with Gasteiger partial charge in [0.2, 0.25) is 5.78 Å². The van der Waals surface area contributed by atoms with Gasteiger partial charge in [-0.1, -0.05) is 47.7 Å². The third-order valence-corrected chi connectivity index (χ3v) is 3.71. The van der Waals surface area contributed by atoms with Crippen LogP contribution in [0, 0.1) is 0 Å². The highest BCUT2D eigenvalue weighted by atomic mass is 16.1. The van der Waals surface area contributed by atoms with E-state index >= 15 is 0 Å². The van der Waals surface area contributed by atoms with E-state index in [9.17, 15) is 4.79 Å². The van der Waals surface area contributed by atoms with E-state index < -0.39 is 6.17 Å². The van der Waals surface area contributed by atoms with Crippen molar-refractivity contribution in [1.29, 1.82) is 0 Å². The average molecular weight is 303 g/mol. The first-order chi connectivity index (χ1) is 11.3. The van der Waals surface area contributed by atoms with Crippen molar-refractivity contribution in [3.63, 3.8) is 0 Å². The largest absolute Gasteiger partial charge is 0.308 e. The van der Waals surface area contributed by atoms with Crippen LogP contribution in [0.15, 0.2) is 73.3 Å². The second-order valence-corrected chi connectivity index (χ2v) is 5.14. The van der Waals surface area contributed by atoms with Crippen molar-refractivity contribution in [2.45, 2.75) is 6.17 Å². The van der Waals surface area contributed by atoms with Gasteiger partial charge in [0.25, 0.3) is 0 Å². The molecule has 1 unspecified atom stereocenters. The molecular weight excluding hydrogens is 290 g/mol. The lowest BCUT2D eigenvalue weighted by atomic mass is 10.1. The third-order valence-electron chi connectivity index (χ3n) is 3.71. The zero-order chi connectivity index (χ0) is 15.6. The molecule has 0 fully saturated rings. The first-order valence-electron chi connectivity index (χ1n) is 7.21. The van der Waals surface area contributed by atoms with Gasteiger partial charge in [0, 0.05) is 18.0 Å². The summed E-state index contributed by atoms with van der Waals surface area (Å²) in [5.41, 5.74) is 2.17. The normalized spacial score (nSPS) is 12.3. The summed E-state index contributed by atoms with van der Waals surface area (Å²) in [6, 6.07) is 16.7. The second kappa shape index (κ2) is 5.49. The van der Waals surface area contributed by atoms with Crippen LogP contribution in [-0.2, 0) is 0 Å². The fraction of sp³-hybridized carbons (Fsp3) is 0.0588. The van der Waals surface area contributed by atoms with E-state index in [1.807, 2.05) is 42.5 Å². The number of benzene rings is 2. The van der Waals surface area contributed by atoms with Gasteiger partial charge in [-0.25, -0.2) is 9.67 Å². The van der Waals surface area contributed by atoms with Crippen LogP contribution in [0.2, 0.25) is 0 Å². The van der Waals surface area contributed by atoms with Crippen LogP contribution in [0.5, 0.6) is 0 Å². The molecule has 2 heterocycles. The molecule has 0 aliphatic rings. The summed E-state index contributed by atoms with van der Waals surface area (Å²) in [6.07, 6.45) is 4.35. The third kappa shape index (κ3) is 2.30. The molecule has 0 saturated heterocycles. The second-order valence-electron chi connectivity index (χ2n) is 5.14. The monoisotopic (exact) mass is 303 g/mol. The van der Waals surface area contributed by atoms with E-state index in [1.165, 1.54) is 0 Å². The fourth-order valence-corrected chi connectivity index (χ4v) is 2.61. The Bertz CT molecular complexity index is 943. The SMILES string of the molecule is O=C(c1ccccc1)C(n1ccnc1)n1nnc2ccccc21. The van der Waals surface area contributed by atoms with E-state index in [1.54, 1.807) is 40.1 Å². The highest BCUT2D eigenvalue weighted by molar-refractivity contribution is 5.99. The maximum Gasteiger partial charge on any atom is 0.208 e. The van der Waals surface area contributed by atoms with Crippen LogP contribution >= 0.6 is 0 Å². The maximum absolute atomic E-state index is 13.0. The number of ketones is 1. The van der Waals surface area contributed by atoms with Gasteiger partial charge in [0.05, 0.1) is 11.8 Å². The first-order valence-corrected chi connectivity index (χ1v) is 7.21. The fourth-order valence-electron chi connectivity index (χ4n) is 2.61. The molecule has 0 aliphatic heterocycles. The zero-order valence-corrected chi connectivity index (χ0v) is 12.1. The Labute approximate surface area is 132 Å². The number of fused-ring (bicyclic) bond motifs is 1. The van der Waals surface area contributed by atoms with Gasteiger partial charge in [-0.3, -0.25) is 4.79 Å². The van der Waals surface area contributed by atoms with Crippen molar-refractivity contribution in [2.75, 3.05) is 0 Å². The van der Waals surface area contributed by atoms with E-state index in [0.29, 0.717) is 5.56 Å². The van der Waals surface area contributed by atoms with Crippen LogP contribution in [0.4, 0.5) is 0 Å². The Morgan fingerprint density at radius 2 is 1.78 bits per heavy atom. The van der Waals surface area contributed by atoms with Crippen LogP contribution in [0.1, 0.15) is 16.5 Å². The molecule has 23 heavy (non-hydrogen) atoms. The molecule has 6 nitrogen and oxygen atoms in total. The molecule has 0 saturated carbocycles. The van der Waals surface area contributed by atoms with Crippen molar-refractivity contribution >= 4 is 16.8 Å². The van der Waals surface area contributed by atoms with Crippen LogP contribution in [0.3, 0.4) is 0 Å². The van der Waals surface area contributed by atoms with Crippen LogP contribution in [0.25, 0.3) is 11.0 Å². The highest BCUT2D eigenvalue weighted by Crippen LogP contribution is 2.21. The van der Waals surface area contributed by atoms with Crippen LogP contribution in [-0.4, -0.2) is 30.3 Å². The summed E-state index contributed by atoms with van der Waals surface area (Å²) in [7, 11) is 0. The van der Waals surface area contributed by atoms with Gasteiger partial charge in [-0.15, -0.1) is 5.10 Å².